The lowest BCUT2D eigenvalue weighted by molar-refractivity contribution is -0.139. The Morgan fingerprint density at radius 1 is 1.33 bits per heavy atom. The fourth-order valence-corrected chi connectivity index (χ4v) is 2.94. The van der Waals surface area contributed by atoms with Crippen molar-refractivity contribution in [2.24, 2.45) is 23.5 Å². The molecule has 5 heteroatoms. The van der Waals surface area contributed by atoms with Crippen molar-refractivity contribution in [3.8, 4) is 0 Å². The smallest absolute Gasteiger partial charge is 0.305 e. The Bertz CT molecular complexity index is 408. The van der Waals surface area contributed by atoms with Gasteiger partial charge >= 0.3 is 5.97 Å². The Kier molecular flexibility index (Phi) is 5.96. The molecule has 21 heavy (non-hydrogen) atoms. The Morgan fingerprint density at radius 3 is 2.33 bits per heavy atom. The first-order valence-electron chi connectivity index (χ1n) is 7.61. The second kappa shape index (κ2) is 7.07. The van der Waals surface area contributed by atoms with Crippen LogP contribution in [0.4, 0.5) is 0 Å². The largest absolute Gasteiger partial charge is 0.481 e. The highest BCUT2D eigenvalue weighted by Gasteiger charge is 2.29. The van der Waals surface area contributed by atoms with Crippen LogP contribution in [0, 0.1) is 17.8 Å². The zero-order chi connectivity index (χ0) is 16.2. The zero-order valence-electron chi connectivity index (χ0n) is 13.4. The normalized spacial score (nSPS) is 27.8. The molecule has 2 unspecified atom stereocenters. The summed E-state index contributed by atoms with van der Waals surface area (Å²) in [6, 6.07) is -1.01. The van der Waals surface area contributed by atoms with E-state index in [9.17, 15) is 9.59 Å². The van der Waals surface area contributed by atoms with Crippen LogP contribution in [0.25, 0.3) is 0 Å². The van der Waals surface area contributed by atoms with Gasteiger partial charge in [0.1, 0.15) is 0 Å². The SMILES string of the molecule is CC1CCC(C)C1C=CC(C)(C)NC(=O)[C@@H](N)CC(=O)O. The van der Waals surface area contributed by atoms with Gasteiger partial charge in [0.25, 0.3) is 0 Å². The Morgan fingerprint density at radius 2 is 1.86 bits per heavy atom. The fourth-order valence-electron chi connectivity index (χ4n) is 2.94. The number of carbonyl (C=O) groups excluding carboxylic acids is 1. The average Bonchev–Trinajstić information content (AvgIpc) is 2.65. The van der Waals surface area contributed by atoms with Crippen LogP contribution in [0.1, 0.15) is 47.0 Å². The minimum absolute atomic E-state index is 0.359. The van der Waals surface area contributed by atoms with Gasteiger partial charge in [-0.1, -0.05) is 26.0 Å². The van der Waals surface area contributed by atoms with Gasteiger partial charge in [-0.15, -0.1) is 0 Å². The number of carboxylic acid groups (broad SMARTS) is 1. The molecular formula is C16H28N2O3. The van der Waals surface area contributed by atoms with Crippen molar-refractivity contribution < 1.29 is 14.7 Å². The summed E-state index contributed by atoms with van der Waals surface area (Å²) in [5.74, 6) is 0.363. The molecule has 0 aromatic carbocycles. The van der Waals surface area contributed by atoms with Gasteiger partial charge in [-0.25, -0.2) is 0 Å². The molecule has 4 N–H and O–H groups in total. The van der Waals surface area contributed by atoms with Gasteiger partial charge < -0.3 is 16.2 Å². The lowest BCUT2D eigenvalue weighted by atomic mass is 9.89. The Hall–Kier alpha value is -1.36. The molecule has 120 valence electrons. The average molecular weight is 296 g/mol. The molecule has 1 fully saturated rings. The van der Waals surface area contributed by atoms with Crippen LogP contribution in [0.3, 0.4) is 0 Å². The number of hydrogen-bond acceptors (Lipinski definition) is 3. The third-order valence-electron chi connectivity index (χ3n) is 4.30. The van der Waals surface area contributed by atoms with E-state index in [0.717, 1.165) is 0 Å². The van der Waals surface area contributed by atoms with Crippen molar-refractivity contribution in [1.82, 2.24) is 5.32 Å². The number of nitrogens with two attached hydrogens (primary N) is 1. The highest BCUT2D eigenvalue weighted by atomic mass is 16.4. The van der Waals surface area contributed by atoms with Crippen LogP contribution in [0.5, 0.6) is 0 Å². The number of hydrogen-bond donors (Lipinski definition) is 3. The topological polar surface area (TPSA) is 92.4 Å². The van der Waals surface area contributed by atoms with Crippen LogP contribution >= 0.6 is 0 Å². The highest BCUT2D eigenvalue weighted by Crippen LogP contribution is 2.37. The molecule has 1 aliphatic carbocycles. The molecule has 5 nitrogen and oxygen atoms in total. The van der Waals surface area contributed by atoms with E-state index in [0.29, 0.717) is 17.8 Å². The molecule has 0 spiro atoms. The molecule has 0 aromatic heterocycles. The summed E-state index contributed by atoms with van der Waals surface area (Å²) in [7, 11) is 0. The van der Waals surface area contributed by atoms with Crippen molar-refractivity contribution >= 4 is 11.9 Å². The minimum atomic E-state index is -1.07. The van der Waals surface area contributed by atoms with Crippen LogP contribution in [-0.4, -0.2) is 28.6 Å². The fraction of sp³-hybridized carbons (Fsp3) is 0.750. The molecule has 3 atom stereocenters. The minimum Gasteiger partial charge on any atom is -0.481 e. The van der Waals surface area contributed by atoms with Crippen molar-refractivity contribution in [3.05, 3.63) is 12.2 Å². The van der Waals surface area contributed by atoms with E-state index < -0.39 is 23.5 Å². The lowest BCUT2D eigenvalue weighted by Gasteiger charge is -2.26. The van der Waals surface area contributed by atoms with Gasteiger partial charge in [-0.2, -0.15) is 0 Å². The Balaban J connectivity index is 2.60. The van der Waals surface area contributed by atoms with E-state index in [4.69, 9.17) is 10.8 Å². The van der Waals surface area contributed by atoms with Crippen LogP contribution in [0.2, 0.25) is 0 Å². The molecule has 1 rings (SSSR count). The molecule has 0 bridgehead atoms. The third kappa shape index (κ3) is 5.50. The maximum atomic E-state index is 11.9. The molecule has 1 saturated carbocycles. The first-order valence-corrected chi connectivity index (χ1v) is 7.61. The van der Waals surface area contributed by atoms with Gasteiger partial charge in [0, 0.05) is 0 Å². The summed E-state index contributed by atoms with van der Waals surface area (Å²) in [5, 5.41) is 11.5. The van der Waals surface area contributed by atoms with Crippen molar-refractivity contribution in [1.29, 1.82) is 0 Å². The van der Waals surface area contributed by atoms with Crippen LogP contribution in [-0.2, 0) is 9.59 Å². The van der Waals surface area contributed by atoms with E-state index in [1.54, 1.807) is 0 Å². The van der Waals surface area contributed by atoms with Crippen molar-refractivity contribution in [3.63, 3.8) is 0 Å². The predicted molar refractivity (Wildman–Crippen MR) is 82.6 cm³/mol. The predicted octanol–water partition coefficient (Wildman–Crippen LogP) is 1.92. The lowest BCUT2D eigenvalue weighted by Crippen LogP contribution is -2.50. The van der Waals surface area contributed by atoms with Gasteiger partial charge in [0.2, 0.25) is 5.91 Å². The second-order valence-corrected chi connectivity index (χ2v) is 6.88. The molecule has 0 aromatic rings. The monoisotopic (exact) mass is 296 g/mol. The zero-order valence-corrected chi connectivity index (χ0v) is 13.4. The van der Waals surface area contributed by atoms with E-state index in [1.807, 2.05) is 19.9 Å². The molecule has 0 heterocycles. The maximum Gasteiger partial charge on any atom is 0.305 e. The number of allylic oxidation sites excluding steroid dienone is 1. The number of amides is 1. The number of rotatable bonds is 6. The molecule has 0 saturated heterocycles. The molecule has 0 aliphatic heterocycles. The summed E-state index contributed by atoms with van der Waals surface area (Å²) in [4.78, 5) is 22.5. The first-order chi connectivity index (χ1) is 9.62. The highest BCUT2D eigenvalue weighted by molar-refractivity contribution is 5.86. The summed E-state index contributed by atoms with van der Waals surface area (Å²) >= 11 is 0. The van der Waals surface area contributed by atoms with E-state index in [-0.39, 0.29) is 6.42 Å². The number of aliphatic carboxylic acids is 1. The molecule has 1 aliphatic rings. The number of carboxylic acids is 1. The summed E-state index contributed by atoms with van der Waals surface area (Å²) in [6.45, 7) is 8.29. The first kappa shape index (κ1) is 17.7. The Labute approximate surface area is 127 Å². The summed E-state index contributed by atoms with van der Waals surface area (Å²) < 4.78 is 0. The third-order valence-corrected chi connectivity index (χ3v) is 4.30. The number of carbonyl (C=O) groups is 2. The van der Waals surface area contributed by atoms with Gasteiger partial charge in [-0.3, -0.25) is 9.59 Å². The van der Waals surface area contributed by atoms with Gasteiger partial charge in [-0.05, 0) is 44.4 Å². The van der Waals surface area contributed by atoms with Crippen LogP contribution < -0.4 is 11.1 Å². The van der Waals surface area contributed by atoms with E-state index >= 15 is 0 Å². The van der Waals surface area contributed by atoms with Crippen LogP contribution in [0.15, 0.2) is 12.2 Å². The van der Waals surface area contributed by atoms with Gasteiger partial charge in [0.05, 0.1) is 18.0 Å². The molecule has 1 amide bonds. The molecular weight excluding hydrogens is 268 g/mol. The summed E-state index contributed by atoms with van der Waals surface area (Å²) in [5.41, 5.74) is 5.04. The quantitative estimate of drug-likeness (QED) is 0.653. The standard InChI is InChI=1S/C16H28N2O3/c1-10-5-6-11(2)12(10)7-8-16(3,4)18-15(21)13(17)9-14(19)20/h7-8,10-13H,5-6,9,17H2,1-4H3,(H,18,21)(H,19,20)/t10?,11?,12?,13-/m0/s1. The van der Waals surface area contributed by atoms with E-state index in [2.05, 4.69) is 25.2 Å². The van der Waals surface area contributed by atoms with Crippen molar-refractivity contribution in [2.45, 2.75) is 58.5 Å². The molecule has 0 radical (unpaired) electrons. The number of nitrogens with one attached hydrogen (secondary N) is 1. The maximum absolute atomic E-state index is 11.9. The van der Waals surface area contributed by atoms with Gasteiger partial charge in [0.15, 0.2) is 0 Å². The second-order valence-electron chi connectivity index (χ2n) is 6.88. The summed E-state index contributed by atoms with van der Waals surface area (Å²) in [6.07, 6.45) is 6.31. The van der Waals surface area contributed by atoms with E-state index in [1.165, 1.54) is 12.8 Å². The van der Waals surface area contributed by atoms with Crippen molar-refractivity contribution in [2.75, 3.05) is 0 Å².